The van der Waals surface area contributed by atoms with E-state index in [2.05, 4.69) is 10.1 Å². The molecule has 0 N–H and O–H groups in total. The van der Waals surface area contributed by atoms with Gasteiger partial charge in [0.1, 0.15) is 17.2 Å². The molecule has 1 aliphatic rings. The summed E-state index contributed by atoms with van der Waals surface area (Å²) in [5.41, 5.74) is -2.01. The Balaban J connectivity index is 1.59. The normalized spacial score (nSPS) is 17.7. The summed E-state index contributed by atoms with van der Waals surface area (Å²) in [6.07, 6.45) is 2.24. The van der Waals surface area contributed by atoms with Crippen molar-refractivity contribution < 1.29 is 29.2 Å². The van der Waals surface area contributed by atoms with Crippen LogP contribution in [0.4, 0.5) is 17.6 Å². The van der Waals surface area contributed by atoms with Crippen molar-refractivity contribution >= 4 is 16.8 Å². The van der Waals surface area contributed by atoms with Crippen LogP contribution in [0, 0.1) is 23.3 Å². The number of amides is 1. The number of carbonyl (C=O) groups excluding carboxylic acids is 1. The Bertz CT molecular complexity index is 1550. The Morgan fingerprint density at radius 1 is 1.13 bits per heavy atom. The second-order valence-electron chi connectivity index (χ2n) is 6.86. The minimum atomic E-state index is -2.94. The van der Waals surface area contributed by atoms with Crippen LogP contribution in [0.1, 0.15) is 28.5 Å². The molecule has 0 bridgehead atoms. The van der Waals surface area contributed by atoms with Gasteiger partial charge < -0.3 is 4.90 Å². The van der Waals surface area contributed by atoms with Gasteiger partial charge in [0.25, 0.3) is 5.91 Å². The van der Waals surface area contributed by atoms with E-state index < -0.39 is 60.3 Å². The van der Waals surface area contributed by atoms with Gasteiger partial charge in [-0.2, -0.15) is 5.10 Å². The minimum Gasteiger partial charge on any atom is -0.328 e. The highest BCUT2D eigenvalue weighted by Gasteiger charge is 2.30. The summed E-state index contributed by atoms with van der Waals surface area (Å²) in [6.45, 7) is -6.15. The van der Waals surface area contributed by atoms with Crippen LogP contribution in [0.15, 0.2) is 42.7 Å². The van der Waals surface area contributed by atoms with Crippen LogP contribution >= 0.6 is 0 Å². The first-order valence-corrected chi connectivity index (χ1v) is 8.94. The van der Waals surface area contributed by atoms with E-state index in [0.29, 0.717) is 15.6 Å². The summed E-state index contributed by atoms with van der Waals surface area (Å²) in [7, 11) is 0. The molecule has 0 saturated heterocycles. The Labute approximate surface area is 180 Å². The van der Waals surface area contributed by atoms with Crippen LogP contribution in [0.2, 0.25) is 0 Å². The molecule has 31 heavy (non-hydrogen) atoms. The van der Waals surface area contributed by atoms with Gasteiger partial charge in [-0.1, -0.05) is 0 Å². The van der Waals surface area contributed by atoms with Gasteiger partial charge >= 0.3 is 0 Å². The molecule has 1 aliphatic heterocycles. The quantitative estimate of drug-likeness (QED) is 0.454. The van der Waals surface area contributed by atoms with E-state index in [9.17, 15) is 13.6 Å². The first kappa shape index (κ1) is 14.3. The molecule has 2 aromatic carbocycles. The zero-order valence-corrected chi connectivity index (χ0v) is 15.5. The number of halogens is 4. The lowest BCUT2D eigenvalue weighted by molar-refractivity contribution is 0.0763. The lowest BCUT2D eigenvalue weighted by atomic mass is 9.99. The highest BCUT2D eigenvalue weighted by Crippen LogP contribution is 2.34. The molecule has 0 atom stereocenters. The van der Waals surface area contributed by atoms with Gasteiger partial charge in [0.15, 0.2) is 11.6 Å². The summed E-state index contributed by atoms with van der Waals surface area (Å²) >= 11 is 0. The van der Waals surface area contributed by atoms with Crippen LogP contribution in [0.3, 0.4) is 0 Å². The maximum absolute atomic E-state index is 15.1. The van der Waals surface area contributed by atoms with E-state index in [4.69, 9.17) is 6.85 Å². The molecule has 0 fully saturated rings. The van der Waals surface area contributed by atoms with Crippen molar-refractivity contribution in [3.8, 4) is 11.1 Å². The van der Waals surface area contributed by atoms with Crippen molar-refractivity contribution in [3.63, 3.8) is 0 Å². The molecule has 0 radical (unpaired) electrons. The molecule has 1 amide bonds. The summed E-state index contributed by atoms with van der Waals surface area (Å²) in [4.78, 5) is 17.2. The van der Waals surface area contributed by atoms with E-state index in [1.54, 1.807) is 0 Å². The van der Waals surface area contributed by atoms with Crippen LogP contribution in [-0.4, -0.2) is 25.6 Å². The predicted molar refractivity (Wildman–Crippen MR) is 104 cm³/mol. The van der Waals surface area contributed by atoms with Crippen LogP contribution in [0.5, 0.6) is 0 Å². The van der Waals surface area contributed by atoms with Crippen molar-refractivity contribution in [2.45, 2.75) is 13.0 Å². The highest BCUT2D eigenvalue weighted by atomic mass is 19.2. The smallest absolute Gasteiger partial charge is 0.256 e. The summed E-state index contributed by atoms with van der Waals surface area (Å²) in [5, 5.41) is 3.41. The number of benzene rings is 2. The van der Waals surface area contributed by atoms with Crippen molar-refractivity contribution in [1.82, 2.24) is 19.7 Å². The van der Waals surface area contributed by atoms with Crippen LogP contribution < -0.4 is 0 Å². The first-order chi connectivity index (χ1) is 16.8. The number of rotatable bonds is 3. The zero-order chi connectivity index (χ0) is 26.2. The average molecular weight is 431 g/mol. The number of aryl methyl sites for hydroxylation is 1. The minimum absolute atomic E-state index is 0.0321. The van der Waals surface area contributed by atoms with E-state index in [0.717, 1.165) is 18.3 Å². The van der Waals surface area contributed by atoms with Gasteiger partial charge in [0.05, 0.1) is 33.2 Å². The Morgan fingerprint density at radius 2 is 1.90 bits per heavy atom. The molecule has 0 spiro atoms. The first-order valence-electron chi connectivity index (χ1n) is 11.4. The molecule has 2 aromatic heterocycles. The second-order valence-corrected chi connectivity index (χ2v) is 6.86. The predicted octanol–water partition coefficient (Wildman–Crippen LogP) is 4.35. The number of nitrogens with zero attached hydrogens (tertiary/aromatic N) is 4. The summed E-state index contributed by atoms with van der Waals surface area (Å²) in [5.74, 6) is -6.10. The van der Waals surface area contributed by atoms with E-state index in [1.165, 1.54) is 18.3 Å². The third-order valence-corrected chi connectivity index (χ3v) is 5.04. The molecule has 5 nitrogen and oxygen atoms in total. The molecule has 0 saturated carbocycles. The van der Waals surface area contributed by atoms with Gasteiger partial charge in [-0.25, -0.2) is 17.6 Å². The largest absolute Gasteiger partial charge is 0.328 e. The number of carbonyl (C=O) groups is 1. The zero-order valence-electron chi connectivity index (χ0n) is 20.5. The monoisotopic (exact) mass is 431 g/mol. The fourth-order valence-electron chi connectivity index (χ4n) is 3.55. The molecule has 9 heteroatoms. The van der Waals surface area contributed by atoms with Gasteiger partial charge in [0.2, 0.25) is 0 Å². The van der Waals surface area contributed by atoms with E-state index in [1.807, 2.05) is 0 Å². The molecular formula is C22H14F4N4O. The van der Waals surface area contributed by atoms with E-state index >= 15 is 8.78 Å². The van der Waals surface area contributed by atoms with Crippen molar-refractivity contribution in [2.24, 2.45) is 6.98 Å². The fourth-order valence-corrected chi connectivity index (χ4v) is 3.55. The molecule has 156 valence electrons. The van der Waals surface area contributed by atoms with E-state index in [-0.39, 0.29) is 27.8 Å². The number of pyridine rings is 1. The van der Waals surface area contributed by atoms with Gasteiger partial charge in [-0.15, -0.1) is 0 Å². The standard InChI is InChI=1S/C22H14F4N4O/c1-29-21-14(8-28-29)13(7-18(25)20(21)26)11-5-16(23)15(17(24)6-11)9-30-10-19-12(22(30)31)3-2-4-27-19/h2-8H,9-10H2,1H3/i1D3,10D2. The third-order valence-electron chi connectivity index (χ3n) is 5.04. The Hall–Kier alpha value is -3.75. The number of hydrogen-bond donors (Lipinski definition) is 0. The Kier molecular flexibility index (Phi) is 3.18. The second kappa shape index (κ2) is 6.90. The maximum atomic E-state index is 15.1. The summed E-state index contributed by atoms with van der Waals surface area (Å²) < 4.78 is 98.3. The number of hydrogen-bond acceptors (Lipinski definition) is 3. The lowest BCUT2D eigenvalue weighted by Crippen LogP contribution is -2.24. The lowest BCUT2D eigenvalue weighted by Gasteiger charge is -2.17. The van der Waals surface area contributed by atoms with Crippen molar-refractivity contribution in [2.75, 3.05) is 0 Å². The van der Waals surface area contributed by atoms with Crippen molar-refractivity contribution in [3.05, 3.63) is 82.8 Å². The van der Waals surface area contributed by atoms with Gasteiger partial charge in [-0.3, -0.25) is 14.5 Å². The summed E-state index contributed by atoms with van der Waals surface area (Å²) in [6, 6.07) is 5.06. The van der Waals surface area contributed by atoms with Crippen molar-refractivity contribution in [1.29, 1.82) is 0 Å². The molecule has 0 unspecified atom stereocenters. The number of fused-ring (bicyclic) bond motifs is 2. The van der Waals surface area contributed by atoms with Gasteiger partial charge in [0, 0.05) is 28.2 Å². The topological polar surface area (TPSA) is 51.0 Å². The molecule has 5 rings (SSSR count). The fraction of sp³-hybridized carbons (Fsp3) is 0.136. The average Bonchev–Trinajstić information content (AvgIpc) is 3.33. The van der Waals surface area contributed by atoms with Crippen LogP contribution in [0.25, 0.3) is 22.0 Å². The third kappa shape index (κ3) is 2.96. The number of aromatic nitrogens is 3. The molecular weight excluding hydrogens is 412 g/mol. The molecule has 0 aliphatic carbocycles. The molecule has 3 heterocycles. The maximum Gasteiger partial charge on any atom is 0.256 e. The molecule has 4 aromatic rings. The highest BCUT2D eigenvalue weighted by molar-refractivity contribution is 5.98. The van der Waals surface area contributed by atoms with Crippen LogP contribution in [-0.2, 0) is 20.0 Å². The Morgan fingerprint density at radius 3 is 2.61 bits per heavy atom. The SMILES string of the molecule is [2H]C1([2H])c2ncccc2C(=O)N1Cc1c(F)cc(-c2cc(F)c(F)c3c2cnn3C([2H])([2H])[2H])cc1F. The van der Waals surface area contributed by atoms with Gasteiger partial charge in [-0.05, 0) is 41.5 Å².